The fraction of sp³-hybridized carbons (Fsp3) is 0.417. The number of benzene rings is 1. The molecule has 0 saturated heterocycles. The Morgan fingerprint density at radius 1 is 1.40 bits per heavy atom. The normalized spacial score (nSPS) is 18.4. The molecule has 0 fully saturated rings. The van der Waals surface area contributed by atoms with Gasteiger partial charge in [-0.1, -0.05) is 24.3 Å². The lowest BCUT2D eigenvalue weighted by Gasteiger charge is -2.20. The van der Waals surface area contributed by atoms with Crippen molar-refractivity contribution >= 4 is 5.97 Å². The maximum Gasteiger partial charge on any atom is 0.300 e. The van der Waals surface area contributed by atoms with Crippen LogP contribution in [0.15, 0.2) is 24.3 Å². The van der Waals surface area contributed by atoms with Crippen molar-refractivity contribution < 1.29 is 15.0 Å². The Kier molecular flexibility index (Phi) is 4.31. The third kappa shape index (κ3) is 3.72. The van der Waals surface area contributed by atoms with Crippen molar-refractivity contribution in [1.29, 1.82) is 0 Å². The van der Waals surface area contributed by atoms with Gasteiger partial charge >= 0.3 is 0 Å². The summed E-state index contributed by atoms with van der Waals surface area (Å²) in [5.74, 6) is -0.833. The summed E-state index contributed by atoms with van der Waals surface area (Å²) in [6.45, 7) is 1.08. The lowest BCUT2D eigenvalue weighted by Crippen LogP contribution is -2.08. The first-order valence-electron chi connectivity index (χ1n) is 5.06. The Balaban J connectivity index is 0.000000245. The molecule has 82 valence electrons. The van der Waals surface area contributed by atoms with Crippen LogP contribution in [0.1, 0.15) is 37.0 Å². The van der Waals surface area contributed by atoms with Gasteiger partial charge < -0.3 is 10.2 Å². The largest absolute Gasteiger partial charge is 0.481 e. The predicted molar refractivity (Wildman–Crippen MR) is 57.6 cm³/mol. The summed E-state index contributed by atoms with van der Waals surface area (Å²) in [7, 11) is 0. The summed E-state index contributed by atoms with van der Waals surface area (Å²) in [4.78, 5) is 9.00. The number of aliphatic hydroxyl groups is 1. The second-order valence-corrected chi connectivity index (χ2v) is 3.63. The molecule has 1 atom stereocenters. The molecule has 1 unspecified atom stereocenters. The maximum atomic E-state index is 9.56. The smallest absolute Gasteiger partial charge is 0.300 e. The van der Waals surface area contributed by atoms with E-state index in [0.717, 1.165) is 31.7 Å². The van der Waals surface area contributed by atoms with Crippen LogP contribution in [0.4, 0.5) is 0 Å². The van der Waals surface area contributed by atoms with Crippen molar-refractivity contribution in [3.05, 3.63) is 35.4 Å². The minimum Gasteiger partial charge on any atom is -0.481 e. The van der Waals surface area contributed by atoms with Crippen LogP contribution in [0.25, 0.3) is 0 Å². The van der Waals surface area contributed by atoms with Gasteiger partial charge in [0.15, 0.2) is 0 Å². The van der Waals surface area contributed by atoms with Gasteiger partial charge in [-0.25, -0.2) is 0 Å². The minimum absolute atomic E-state index is 0.208. The zero-order valence-corrected chi connectivity index (χ0v) is 8.81. The summed E-state index contributed by atoms with van der Waals surface area (Å²) in [6, 6.07) is 8.17. The summed E-state index contributed by atoms with van der Waals surface area (Å²) >= 11 is 0. The van der Waals surface area contributed by atoms with Crippen molar-refractivity contribution in [1.82, 2.24) is 0 Å². The molecular weight excluding hydrogens is 192 g/mol. The SMILES string of the molecule is CC(=O)O.OC1CCCc2ccccc21. The number of aryl methyl sites for hydroxylation is 1. The zero-order valence-electron chi connectivity index (χ0n) is 8.81. The molecule has 3 heteroatoms. The Morgan fingerprint density at radius 3 is 2.60 bits per heavy atom. The number of carbonyl (C=O) groups is 1. The summed E-state index contributed by atoms with van der Waals surface area (Å²) in [5.41, 5.74) is 2.46. The van der Waals surface area contributed by atoms with Crippen LogP contribution in [-0.2, 0) is 11.2 Å². The van der Waals surface area contributed by atoms with Crippen LogP contribution >= 0.6 is 0 Å². The zero-order chi connectivity index (χ0) is 11.3. The minimum atomic E-state index is -0.833. The number of carboxylic acid groups (broad SMARTS) is 1. The highest BCUT2D eigenvalue weighted by Crippen LogP contribution is 2.28. The average Bonchev–Trinajstić information content (AvgIpc) is 2.18. The van der Waals surface area contributed by atoms with Crippen LogP contribution in [0.5, 0.6) is 0 Å². The highest BCUT2D eigenvalue weighted by molar-refractivity contribution is 5.62. The fourth-order valence-electron chi connectivity index (χ4n) is 1.73. The van der Waals surface area contributed by atoms with Gasteiger partial charge in [0, 0.05) is 6.92 Å². The number of aliphatic carboxylic acids is 1. The molecule has 0 amide bonds. The van der Waals surface area contributed by atoms with Gasteiger partial charge in [0.2, 0.25) is 0 Å². The van der Waals surface area contributed by atoms with Crippen LogP contribution in [0.3, 0.4) is 0 Å². The predicted octanol–water partition coefficient (Wildman–Crippen LogP) is 2.15. The second-order valence-electron chi connectivity index (χ2n) is 3.63. The second kappa shape index (κ2) is 5.51. The third-order valence-corrected chi connectivity index (χ3v) is 2.34. The Hall–Kier alpha value is -1.35. The van der Waals surface area contributed by atoms with Crippen LogP contribution < -0.4 is 0 Å². The molecule has 1 aromatic rings. The maximum absolute atomic E-state index is 9.56. The van der Waals surface area contributed by atoms with E-state index in [4.69, 9.17) is 9.90 Å². The van der Waals surface area contributed by atoms with E-state index in [-0.39, 0.29) is 6.10 Å². The summed E-state index contributed by atoms with van der Waals surface area (Å²) in [5, 5.41) is 17.0. The fourth-order valence-corrected chi connectivity index (χ4v) is 1.73. The van der Waals surface area contributed by atoms with E-state index >= 15 is 0 Å². The van der Waals surface area contributed by atoms with Gasteiger partial charge in [-0.05, 0) is 30.4 Å². The Bertz CT molecular complexity index is 329. The molecule has 2 rings (SSSR count). The first-order valence-corrected chi connectivity index (χ1v) is 5.06. The Morgan fingerprint density at radius 2 is 2.00 bits per heavy atom. The molecule has 1 aromatic carbocycles. The quantitative estimate of drug-likeness (QED) is 0.686. The van der Waals surface area contributed by atoms with Crippen molar-refractivity contribution in [3.8, 4) is 0 Å². The molecule has 2 N–H and O–H groups in total. The van der Waals surface area contributed by atoms with Gasteiger partial charge in [-0.2, -0.15) is 0 Å². The lowest BCUT2D eigenvalue weighted by molar-refractivity contribution is -0.134. The number of hydrogen-bond acceptors (Lipinski definition) is 2. The molecule has 3 nitrogen and oxygen atoms in total. The summed E-state index contributed by atoms with van der Waals surface area (Å²) in [6.07, 6.45) is 2.97. The molecule has 0 aromatic heterocycles. The first-order chi connectivity index (χ1) is 7.11. The van der Waals surface area contributed by atoms with Crippen LogP contribution in [0, 0.1) is 0 Å². The number of carboxylic acids is 1. The standard InChI is InChI=1S/C10H12O.C2H4O2/c11-10-7-3-5-8-4-1-2-6-9(8)10;1-2(3)4/h1-2,4,6,10-11H,3,5,7H2;1H3,(H,3,4). The van der Waals surface area contributed by atoms with Crippen molar-refractivity contribution in [2.45, 2.75) is 32.3 Å². The molecule has 1 aliphatic rings. The highest BCUT2D eigenvalue weighted by Gasteiger charge is 2.15. The van der Waals surface area contributed by atoms with Crippen molar-refractivity contribution in [2.75, 3.05) is 0 Å². The first kappa shape index (κ1) is 11.7. The average molecular weight is 208 g/mol. The molecule has 0 spiro atoms. The summed E-state index contributed by atoms with van der Waals surface area (Å²) < 4.78 is 0. The lowest BCUT2D eigenvalue weighted by atomic mass is 9.90. The van der Waals surface area contributed by atoms with Crippen LogP contribution in [-0.4, -0.2) is 16.2 Å². The van der Waals surface area contributed by atoms with E-state index in [1.165, 1.54) is 5.56 Å². The van der Waals surface area contributed by atoms with E-state index in [1.54, 1.807) is 0 Å². The molecule has 0 heterocycles. The van der Waals surface area contributed by atoms with E-state index in [1.807, 2.05) is 18.2 Å². The van der Waals surface area contributed by atoms with E-state index in [2.05, 4.69) is 6.07 Å². The monoisotopic (exact) mass is 208 g/mol. The van der Waals surface area contributed by atoms with E-state index < -0.39 is 5.97 Å². The Labute approximate surface area is 89.4 Å². The third-order valence-electron chi connectivity index (χ3n) is 2.34. The highest BCUT2D eigenvalue weighted by atomic mass is 16.4. The molecular formula is C12H16O3. The molecule has 0 aliphatic heterocycles. The van der Waals surface area contributed by atoms with Gasteiger partial charge in [-0.15, -0.1) is 0 Å². The topological polar surface area (TPSA) is 57.5 Å². The molecule has 1 aliphatic carbocycles. The number of fused-ring (bicyclic) bond motifs is 1. The van der Waals surface area contributed by atoms with Crippen molar-refractivity contribution in [2.24, 2.45) is 0 Å². The molecule has 0 radical (unpaired) electrons. The van der Waals surface area contributed by atoms with Gasteiger partial charge in [0.05, 0.1) is 6.10 Å². The van der Waals surface area contributed by atoms with Crippen LogP contribution in [0.2, 0.25) is 0 Å². The number of aliphatic hydroxyl groups excluding tert-OH is 1. The van der Waals surface area contributed by atoms with E-state index in [9.17, 15) is 5.11 Å². The molecule has 15 heavy (non-hydrogen) atoms. The van der Waals surface area contributed by atoms with Crippen molar-refractivity contribution in [3.63, 3.8) is 0 Å². The molecule has 0 saturated carbocycles. The van der Waals surface area contributed by atoms with E-state index in [0.29, 0.717) is 0 Å². The molecule has 0 bridgehead atoms. The number of hydrogen-bond donors (Lipinski definition) is 2. The van der Waals surface area contributed by atoms with Gasteiger partial charge in [-0.3, -0.25) is 4.79 Å². The van der Waals surface area contributed by atoms with Gasteiger partial charge in [0.25, 0.3) is 5.97 Å². The number of rotatable bonds is 0. The van der Waals surface area contributed by atoms with Gasteiger partial charge in [0.1, 0.15) is 0 Å².